The van der Waals surface area contributed by atoms with E-state index >= 15 is 0 Å². The molecule has 5 nitrogen and oxygen atoms in total. The molecule has 15 heavy (non-hydrogen) atoms. The Labute approximate surface area is 88.2 Å². The van der Waals surface area contributed by atoms with Crippen molar-refractivity contribution >= 4 is 11.8 Å². The number of carbonyl (C=O) groups excluding carboxylic acids is 2. The third kappa shape index (κ3) is 1.61. The Morgan fingerprint density at radius 2 is 1.60 bits per heavy atom. The van der Waals surface area contributed by atoms with E-state index in [2.05, 4.69) is 10.6 Å². The third-order valence-corrected chi connectivity index (χ3v) is 3.30. The molecule has 0 unspecified atom stereocenters. The van der Waals surface area contributed by atoms with Crippen LogP contribution in [0.4, 0.5) is 0 Å². The van der Waals surface area contributed by atoms with Crippen molar-refractivity contribution in [3.05, 3.63) is 0 Å². The van der Waals surface area contributed by atoms with E-state index < -0.39 is 6.61 Å². The summed E-state index contributed by atoms with van der Waals surface area (Å²) in [5, 5.41) is 14.4. The minimum absolute atomic E-state index is 0.0597. The van der Waals surface area contributed by atoms with Gasteiger partial charge in [-0.25, -0.2) is 0 Å². The molecule has 0 heterocycles. The molecule has 2 bridgehead atoms. The highest BCUT2D eigenvalue weighted by Gasteiger charge is 2.69. The molecule has 0 atom stereocenters. The van der Waals surface area contributed by atoms with Crippen molar-refractivity contribution in [2.24, 2.45) is 0 Å². The van der Waals surface area contributed by atoms with Crippen molar-refractivity contribution in [3.63, 3.8) is 0 Å². The van der Waals surface area contributed by atoms with Crippen molar-refractivity contribution < 1.29 is 14.7 Å². The molecule has 5 heteroatoms. The summed E-state index contributed by atoms with van der Waals surface area (Å²) in [6.07, 6.45) is 2.91. The number of aliphatic hydroxyl groups excluding tert-OH is 1. The van der Waals surface area contributed by atoms with Gasteiger partial charge in [0.05, 0.1) is 0 Å². The van der Waals surface area contributed by atoms with Crippen LogP contribution in [-0.2, 0) is 9.59 Å². The van der Waals surface area contributed by atoms with Crippen LogP contribution in [-0.4, -0.2) is 34.6 Å². The maximum absolute atomic E-state index is 11.2. The van der Waals surface area contributed by atoms with Gasteiger partial charge in [-0.05, 0) is 19.3 Å². The second-order valence-electron chi connectivity index (χ2n) is 4.70. The molecule has 3 aliphatic rings. The van der Waals surface area contributed by atoms with Crippen molar-refractivity contribution in [2.45, 2.75) is 43.7 Å². The summed E-state index contributed by atoms with van der Waals surface area (Å²) in [6.45, 7) is 1.36. The van der Waals surface area contributed by atoms with Crippen LogP contribution in [0.25, 0.3) is 0 Å². The largest absolute Gasteiger partial charge is 0.387 e. The molecule has 0 radical (unpaired) electrons. The Morgan fingerprint density at radius 1 is 1.13 bits per heavy atom. The molecule has 3 aliphatic carbocycles. The third-order valence-electron chi connectivity index (χ3n) is 3.30. The SMILES string of the molecule is CCC(=O)NC12CC(NC(=O)CO)(C1)C2. The minimum atomic E-state index is -0.462. The fraction of sp³-hybridized carbons (Fsp3) is 0.800. The summed E-state index contributed by atoms with van der Waals surface area (Å²) in [5.74, 6) is -0.262. The zero-order chi connectivity index (χ0) is 11.1. The predicted molar refractivity (Wildman–Crippen MR) is 53.0 cm³/mol. The summed E-state index contributed by atoms with van der Waals surface area (Å²) < 4.78 is 0. The lowest BCUT2D eigenvalue weighted by Crippen LogP contribution is -2.83. The second kappa shape index (κ2) is 3.20. The van der Waals surface area contributed by atoms with Crippen molar-refractivity contribution in [1.29, 1.82) is 0 Å². The Kier molecular flexibility index (Phi) is 2.22. The van der Waals surface area contributed by atoms with E-state index in [0.717, 1.165) is 19.3 Å². The molecule has 0 aliphatic heterocycles. The van der Waals surface area contributed by atoms with Gasteiger partial charge >= 0.3 is 0 Å². The number of aliphatic hydroxyl groups is 1. The van der Waals surface area contributed by atoms with E-state index in [4.69, 9.17) is 5.11 Å². The first kappa shape index (κ1) is 10.4. The van der Waals surface area contributed by atoms with Crippen molar-refractivity contribution in [2.75, 3.05) is 6.61 Å². The van der Waals surface area contributed by atoms with Gasteiger partial charge in [-0.1, -0.05) is 6.92 Å². The molecule has 3 rings (SSSR count). The molecule has 3 fully saturated rings. The van der Waals surface area contributed by atoms with Gasteiger partial charge in [0, 0.05) is 17.5 Å². The molecule has 0 spiro atoms. The second-order valence-corrected chi connectivity index (χ2v) is 4.70. The molecule has 3 N–H and O–H groups in total. The molecular formula is C10H16N2O3. The number of hydrogen-bond acceptors (Lipinski definition) is 3. The molecule has 0 aromatic heterocycles. The van der Waals surface area contributed by atoms with Gasteiger partial charge < -0.3 is 15.7 Å². The van der Waals surface area contributed by atoms with Crippen LogP contribution in [0, 0.1) is 0 Å². The lowest BCUT2D eigenvalue weighted by Gasteiger charge is -2.70. The van der Waals surface area contributed by atoms with E-state index in [-0.39, 0.29) is 22.9 Å². The summed E-state index contributed by atoms with van der Waals surface area (Å²) in [6, 6.07) is 0. The average Bonchev–Trinajstić information content (AvgIpc) is 2.11. The lowest BCUT2D eigenvalue weighted by molar-refractivity contribution is -0.150. The Bertz CT molecular complexity index is 266. The smallest absolute Gasteiger partial charge is 0.246 e. The predicted octanol–water partition coefficient (Wildman–Crippen LogP) is -0.704. The van der Waals surface area contributed by atoms with Crippen LogP contribution in [0.15, 0.2) is 0 Å². The van der Waals surface area contributed by atoms with Crippen LogP contribution in [0.5, 0.6) is 0 Å². The van der Waals surface area contributed by atoms with E-state index in [9.17, 15) is 9.59 Å². The maximum atomic E-state index is 11.2. The number of nitrogens with one attached hydrogen (secondary N) is 2. The topological polar surface area (TPSA) is 78.4 Å². The summed E-state index contributed by atoms with van der Waals surface area (Å²) in [5.41, 5.74) is -0.198. The number of rotatable bonds is 4. The van der Waals surface area contributed by atoms with Crippen LogP contribution < -0.4 is 10.6 Å². The zero-order valence-electron chi connectivity index (χ0n) is 8.80. The van der Waals surface area contributed by atoms with Gasteiger partial charge in [0.2, 0.25) is 11.8 Å². The van der Waals surface area contributed by atoms with Gasteiger partial charge in [-0.3, -0.25) is 9.59 Å². The van der Waals surface area contributed by atoms with Crippen LogP contribution in [0.2, 0.25) is 0 Å². The fourth-order valence-electron chi connectivity index (χ4n) is 2.77. The maximum Gasteiger partial charge on any atom is 0.246 e. The minimum Gasteiger partial charge on any atom is -0.387 e. The normalized spacial score (nSPS) is 36.1. The molecule has 3 saturated carbocycles. The highest BCUT2D eigenvalue weighted by Crippen LogP contribution is 2.60. The Morgan fingerprint density at radius 3 is 2.00 bits per heavy atom. The number of amides is 2. The van der Waals surface area contributed by atoms with Crippen molar-refractivity contribution in [3.8, 4) is 0 Å². The summed E-state index contributed by atoms with van der Waals surface area (Å²) >= 11 is 0. The molecule has 84 valence electrons. The van der Waals surface area contributed by atoms with Crippen LogP contribution in [0.3, 0.4) is 0 Å². The fourth-order valence-corrected chi connectivity index (χ4v) is 2.77. The van der Waals surface area contributed by atoms with Crippen molar-refractivity contribution in [1.82, 2.24) is 10.6 Å². The standard InChI is InChI=1S/C10H16N2O3/c1-2-7(14)11-9-4-10(5-9,6-9)12-8(15)3-13/h13H,2-6H2,1H3,(H,11,14)(H,12,15). The lowest BCUT2D eigenvalue weighted by atomic mass is 9.44. The number of carbonyl (C=O) groups is 2. The molecular weight excluding hydrogens is 196 g/mol. The van der Waals surface area contributed by atoms with E-state index in [1.54, 1.807) is 0 Å². The van der Waals surface area contributed by atoms with E-state index in [0.29, 0.717) is 6.42 Å². The monoisotopic (exact) mass is 212 g/mol. The van der Waals surface area contributed by atoms with Gasteiger partial charge in [0.25, 0.3) is 0 Å². The van der Waals surface area contributed by atoms with Gasteiger partial charge in [0.15, 0.2) is 0 Å². The first-order valence-corrected chi connectivity index (χ1v) is 5.26. The molecule has 0 aromatic carbocycles. The van der Waals surface area contributed by atoms with Crippen LogP contribution >= 0.6 is 0 Å². The van der Waals surface area contributed by atoms with E-state index in [1.165, 1.54) is 0 Å². The molecule has 2 amide bonds. The molecule has 0 aromatic rings. The van der Waals surface area contributed by atoms with Crippen LogP contribution in [0.1, 0.15) is 32.6 Å². The van der Waals surface area contributed by atoms with Gasteiger partial charge in [-0.15, -0.1) is 0 Å². The highest BCUT2D eigenvalue weighted by molar-refractivity contribution is 5.80. The summed E-state index contributed by atoms with van der Waals surface area (Å²) in [4.78, 5) is 22.2. The number of hydrogen-bond donors (Lipinski definition) is 3. The zero-order valence-corrected chi connectivity index (χ0v) is 8.80. The first-order chi connectivity index (χ1) is 7.03. The Balaban J connectivity index is 1.80. The molecule has 0 saturated heterocycles. The van der Waals surface area contributed by atoms with Gasteiger partial charge in [-0.2, -0.15) is 0 Å². The highest BCUT2D eigenvalue weighted by atomic mass is 16.3. The average molecular weight is 212 g/mol. The van der Waals surface area contributed by atoms with Gasteiger partial charge in [0.1, 0.15) is 6.61 Å². The Hall–Kier alpha value is -1.10. The first-order valence-electron chi connectivity index (χ1n) is 5.26. The van der Waals surface area contributed by atoms with E-state index in [1.807, 2.05) is 6.92 Å². The quantitative estimate of drug-likeness (QED) is 0.576. The summed E-state index contributed by atoms with van der Waals surface area (Å²) in [7, 11) is 0.